The minimum atomic E-state index is 0.572. The number of nitrogens with zero attached hydrogens (tertiary/aromatic N) is 2. The second kappa shape index (κ2) is 5.88. The highest BCUT2D eigenvalue weighted by atomic mass is 127. The SMILES string of the molecule is Cc1ccc(SCc2nc(C)c(I)c(N)n2)cc1. The molecule has 2 rings (SSSR count). The van der Waals surface area contributed by atoms with Gasteiger partial charge in [-0.25, -0.2) is 9.97 Å². The molecule has 0 atom stereocenters. The van der Waals surface area contributed by atoms with E-state index in [1.165, 1.54) is 10.5 Å². The molecule has 1 heterocycles. The lowest BCUT2D eigenvalue weighted by Crippen LogP contribution is -2.04. The Morgan fingerprint density at radius 2 is 1.83 bits per heavy atom. The summed E-state index contributed by atoms with van der Waals surface area (Å²) < 4.78 is 0.941. The van der Waals surface area contributed by atoms with Gasteiger partial charge in [0.25, 0.3) is 0 Å². The van der Waals surface area contributed by atoms with Crippen LogP contribution in [0.4, 0.5) is 5.82 Å². The van der Waals surface area contributed by atoms with E-state index in [1.807, 2.05) is 6.92 Å². The van der Waals surface area contributed by atoms with Gasteiger partial charge in [0.2, 0.25) is 0 Å². The fourth-order valence-corrected chi connectivity index (χ4v) is 2.48. The molecule has 1 aromatic carbocycles. The molecule has 0 amide bonds. The highest BCUT2D eigenvalue weighted by Gasteiger charge is 2.06. The number of anilines is 1. The molecule has 94 valence electrons. The summed E-state index contributed by atoms with van der Waals surface area (Å²) in [6.45, 7) is 4.04. The lowest BCUT2D eigenvalue weighted by molar-refractivity contribution is 0.991. The summed E-state index contributed by atoms with van der Waals surface area (Å²) in [5, 5.41) is 0. The molecule has 0 spiro atoms. The van der Waals surface area contributed by atoms with Crippen molar-refractivity contribution in [3.05, 3.63) is 44.9 Å². The normalized spacial score (nSPS) is 10.6. The number of benzene rings is 1. The number of aromatic nitrogens is 2. The predicted octanol–water partition coefficient (Wildman–Crippen LogP) is 3.57. The van der Waals surface area contributed by atoms with Crippen LogP contribution >= 0.6 is 34.4 Å². The molecule has 18 heavy (non-hydrogen) atoms. The Hall–Kier alpha value is -0.820. The molecule has 0 unspecified atom stereocenters. The molecular formula is C13H14IN3S. The number of rotatable bonds is 3. The van der Waals surface area contributed by atoms with E-state index in [1.54, 1.807) is 11.8 Å². The smallest absolute Gasteiger partial charge is 0.141 e. The summed E-state index contributed by atoms with van der Waals surface area (Å²) in [6.07, 6.45) is 0. The van der Waals surface area contributed by atoms with Gasteiger partial charge in [-0.15, -0.1) is 11.8 Å². The fraction of sp³-hybridized carbons (Fsp3) is 0.231. The van der Waals surface area contributed by atoms with Crippen molar-refractivity contribution < 1.29 is 0 Å². The van der Waals surface area contributed by atoms with Gasteiger partial charge in [-0.3, -0.25) is 0 Å². The first-order valence-electron chi connectivity index (χ1n) is 5.54. The largest absolute Gasteiger partial charge is 0.383 e. The van der Waals surface area contributed by atoms with E-state index in [2.05, 4.69) is 63.7 Å². The van der Waals surface area contributed by atoms with Crippen LogP contribution in [0.2, 0.25) is 0 Å². The summed E-state index contributed by atoms with van der Waals surface area (Å²) in [4.78, 5) is 9.97. The zero-order valence-corrected chi connectivity index (χ0v) is 13.2. The highest BCUT2D eigenvalue weighted by Crippen LogP contribution is 2.23. The molecule has 0 aliphatic rings. The van der Waals surface area contributed by atoms with Crippen LogP contribution in [0.1, 0.15) is 17.1 Å². The highest BCUT2D eigenvalue weighted by molar-refractivity contribution is 14.1. The number of halogens is 1. The summed E-state index contributed by atoms with van der Waals surface area (Å²) >= 11 is 3.89. The van der Waals surface area contributed by atoms with Gasteiger partial charge >= 0.3 is 0 Å². The van der Waals surface area contributed by atoms with Crippen LogP contribution < -0.4 is 5.73 Å². The van der Waals surface area contributed by atoms with Gasteiger partial charge in [-0.1, -0.05) is 17.7 Å². The van der Waals surface area contributed by atoms with Crippen LogP contribution in [0, 0.1) is 17.4 Å². The number of nitrogens with two attached hydrogens (primary N) is 1. The molecule has 1 aromatic heterocycles. The summed E-state index contributed by atoms with van der Waals surface area (Å²) in [7, 11) is 0. The number of thioether (sulfide) groups is 1. The maximum atomic E-state index is 5.84. The molecule has 0 saturated carbocycles. The lowest BCUT2D eigenvalue weighted by Gasteiger charge is -2.06. The Balaban J connectivity index is 2.08. The van der Waals surface area contributed by atoms with Crippen molar-refractivity contribution in [2.45, 2.75) is 24.5 Å². The third-order valence-corrected chi connectivity index (χ3v) is 4.82. The summed E-state index contributed by atoms with van der Waals surface area (Å²) in [5.41, 5.74) is 8.06. The van der Waals surface area contributed by atoms with Crippen molar-refractivity contribution in [2.75, 3.05) is 5.73 Å². The van der Waals surface area contributed by atoms with Gasteiger partial charge in [-0.2, -0.15) is 0 Å². The van der Waals surface area contributed by atoms with Crippen molar-refractivity contribution in [3.63, 3.8) is 0 Å². The molecule has 0 bridgehead atoms. The van der Waals surface area contributed by atoms with E-state index in [9.17, 15) is 0 Å². The van der Waals surface area contributed by atoms with Gasteiger partial charge in [0.15, 0.2) is 0 Å². The Labute approximate surface area is 125 Å². The van der Waals surface area contributed by atoms with Crippen LogP contribution in [0.15, 0.2) is 29.2 Å². The van der Waals surface area contributed by atoms with Crippen molar-refractivity contribution in [1.29, 1.82) is 0 Å². The van der Waals surface area contributed by atoms with E-state index < -0.39 is 0 Å². The van der Waals surface area contributed by atoms with E-state index >= 15 is 0 Å². The van der Waals surface area contributed by atoms with Crippen LogP contribution in [-0.2, 0) is 5.75 Å². The fourth-order valence-electron chi connectivity index (χ4n) is 1.49. The molecule has 0 fully saturated rings. The van der Waals surface area contributed by atoms with Gasteiger partial charge in [-0.05, 0) is 48.6 Å². The molecule has 2 aromatic rings. The summed E-state index contributed by atoms with van der Waals surface area (Å²) in [6, 6.07) is 8.44. The molecular weight excluding hydrogens is 357 g/mol. The average Bonchev–Trinajstić information content (AvgIpc) is 2.35. The molecule has 0 saturated heterocycles. The first kappa shape index (κ1) is 13.6. The maximum Gasteiger partial charge on any atom is 0.141 e. The van der Waals surface area contributed by atoms with Crippen LogP contribution in [0.3, 0.4) is 0 Å². The van der Waals surface area contributed by atoms with Gasteiger partial charge in [0, 0.05) is 4.90 Å². The molecule has 2 N–H and O–H groups in total. The van der Waals surface area contributed by atoms with Crippen molar-refractivity contribution in [1.82, 2.24) is 9.97 Å². The maximum absolute atomic E-state index is 5.84. The first-order valence-corrected chi connectivity index (χ1v) is 7.60. The van der Waals surface area contributed by atoms with E-state index in [-0.39, 0.29) is 0 Å². The Morgan fingerprint density at radius 1 is 1.17 bits per heavy atom. The second-order valence-corrected chi connectivity index (χ2v) is 6.15. The first-order chi connectivity index (χ1) is 8.56. The Bertz CT molecular complexity index is 532. The van der Waals surface area contributed by atoms with Gasteiger partial charge in [0.1, 0.15) is 11.6 Å². The van der Waals surface area contributed by atoms with Crippen molar-refractivity contribution >= 4 is 40.2 Å². The minimum Gasteiger partial charge on any atom is -0.383 e. The molecule has 5 heteroatoms. The average molecular weight is 371 g/mol. The van der Waals surface area contributed by atoms with Gasteiger partial charge in [0.05, 0.1) is 15.0 Å². The van der Waals surface area contributed by atoms with E-state index in [0.717, 1.165) is 20.8 Å². The second-order valence-electron chi connectivity index (χ2n) is 4.03. The molecule has 3 nitrogen and oxygen atoms in total. The Kier molecular flexibility index (Phi) is 4.45. The number of aryl methyl sites for hydroxylation is 2. The third-order valence-electron chi connectivity index (χ3n) is 2.48. The zero-order chi connectivity index (χ0) is 13.1. The van der Waals surface area contributed by atoms with Crippen LogP contribution in [-0.4, -0.2) is 9.97 Å². The standard InChI is InChI=1S/C13H14IN3S/c1-8-3-5-10(6-4-8)18-7-11-16-9(2)12(14)13(15)17-11/h3-6H,7H2,1-2H3,(H2,15,16,17). The van der Waals surface area contributed by atoms with E-state index in [0.29, 0.717) is 5.82 Å². The molecule has 0 aliphatic carbocycles. The lowest BCUT2D eigenvalue weighted by atomic mass is 10.2. The quantitative estimate of drug-likeness (QED) is 0.662. The predicted molar refractivity (Wildman–Crippen MR) is 84.6 cm³/mol. The number of hydrogen-bond donors (Lipinski definition) is 1. The Morgan fingerprint density at radius 3 is 2.44 bits per heavy atom. The van der Waals surface area contributed by atoms with Crippen molar-refractivity contribution in [2.24, 2.45) is 0 Å². The minimum absolute atomic E-state index is 0.572. The summed E-state index contributed by atoms with van der Waals surface area (Å²) in [5.74, 6) is 2.10. The van der Waals surface area contributed by atoms with Crippen molar-refractivity contribution in [3.8, 4) is 0 Å². The number of nitrogen functional groups attached to an aromatic ring is 1. The van der Waals surface area contributed by atoms with Crippen LogP contribution in [0.5, 0.6) is 0 Å². The molecule has 0 radical (unpaired) electrons. The topological polar surface area (TPSA) is 51.8 Å². The van der Waals surface area contributed by atoms with Crippen LogP contribution in [0.25, 0.3) is 0 Å². The van der Waals surface area contributed by atoms with E-state index in [4.69, 9.17) is 5.73 Å². The van der Waals surface area contributed by atoms with Gasteiger partial charge < -0.3 is 5.73 Å². The monoisotopic (exact) mass is 371 g/mol. The number of hydrogen-bond acceptors (Lipinski definition) is 4. The zero-order valence-electron chi connectivity index (χ0n) is 10.3. The third kappa shape index (κ3) is 3.35. The molecule has 0 aliphatic heterocycles.